The summed E-state index contributed by atoms with van der Waals surface area (Å²) in [5, 5.41) is 3.95. The number of thiol groups is 1. The molecule has 0 aromatic heterocycles. The summed E-state index contributed by atoms with van der Waals surface area (Å²) in [6, 6.07) is 0. The number of rotatable bonds is 3. The van der Waals surface area contributed by atoms with Gasteiger partial charge in [-0.2, -0.15) is 12.6 Å². The van der Waals surface area contributed by atoms with Crippen molar-refractivity contribution in [2.75, 3.05) is 18.3 Å². The van der Waals surface area contributed by atoms with E-state index < -0.39 is 0 Å². The number of ether oxygens (including phenoxy) is 1. The fourth-order valence-corrected chi connectivity index (χ4v) is 2.03. The average molecular weight is 246 g/mol. The molecule has 0 bridgehead atoms. The largest absolute Gasteiger partial charge is 0.494 e. The number of hydrogen-bond acceptors (Lipinski definition) is 3. The first-order chi connectivity index (χ1) is 7.04. The van der Waals surface area contributed by atoms with Crippen molar-refractivity contribution in [1.82, 2.24) is 0 Å². The van der Waals surface area contributed by atoms with Crippen molar-refractivity contribution in [3.63, 3.8) is 0 Å². The van der Waals surface area contributed by atoms with Gasteiger partial charge in [-0.25, -0.2) is 0 Å². The summed E-state index contributed by atoms with van der Waals surface area (Å²) in [5.74, 6) is 1.40. The van der Waals surface area contributed by atoms with Crippen molar-refractivity contribution in [3.8, 4) is 5.75 Å². The number of nitrogens with one attached hydrogen (secondary N) is 1. The molecule has 0 unspecified atom stereocenters. The van der Waals surface area contributed by atoms with E-state index in [9.17, 15) is 0 Å². The van der Waals surface area contributed by atoms with E-state index in [2.05, 4.69) is 17.9 Å². The van der Waals surface area contributed by atoms with Gasteiger partial charge in [0.1, 0.15) is 5.75 Å². The Kier molecular flexibility index (Phi) is 4.17. The smallest absolute Gasteiger partial charge is 0.145 e. The predicted octanol–water partition coefficient (Wildman–Crippen LogP) is 3.57. The second-order valence-electron chi connectivity index (χ2n) is 3.43. The lowest BCUT2D eigenvalue weighted by Crippen LogP contribution is -2.04. The highest BCUT2D eigenvalue weighted by Gasteiger charge is 2.16. The van der Waals surface area contributed by atoms with Gasteiger partial charge in [0, 0.05) is 5.02 Å². The van der Waals surface area contributed by atoms with Crippen LogP contribution in [0.1, 0.15) is 16.7 Å². The van der Waals surface area contributed by atoms with Crippen LogP contribution in [0, 0.1) is 20.8 Å². The summed E-state index contributed by atoms with van der Waals surface area (Å²) < 4.78 is 5.39. The van der Waals surface area contributed by atoms with Gasteiger partial charge in [-0.05, 0) is 37.5 Å². The molecule has 0 saturated carbocycles. The summed E-state index contributed by atoms with van der Waals surface area (Å²) in [6.45, 7) is 5.98. The van der Waals surface area contributed by atoms with Crippen molar-refractivity contribution in [2.24, 2.45) is 0 Å². The Morgan fingerprint density at radius 3 is 2.27 bits per heavy atom. The van der Waals surface area contributed by atoms with Gasteiger partial charge in [0.2, 0.25) is 0 Å². The van der Waals surface area contributed by atoms with Crippen LogP contribution in [0.4, 0.5) is 5.69 Å². The zero-order chi connectivity index (χ0) is 11.6. The molecule has 0 aliphatic carbocycles. The molecular formula is C11H16ClNOS. The van der Waals surface area contributed by atoms with Crippen molar-refractivity contribution >= 4 is 29.9 Å². The molecule has 0 saturated heterocycles. The van der Waals surface area contributed by atoms with E-state index in [0.717, 1.165) is 33.1 Å². The molecule has 4 heteroatoms. The third-order valence-electron chi connectivity index (χ3n) is 2.62. The Labute approximate surface area is 101 Å². The van der Waals surface area contributed by atoms with Crippen LogP contribution in [-0.2, 0) is 0 Å². The van der Waals surface area contributed by atoms with Crippen LogP contribution in [0.25, 0.3) is 0 Å². The van der Waals surface area contributed by atoms with Gasteiger partial charge in [0.15, 0.2) is 0 Å². The van der Waals surface area contributed by atoms with Crippen LogP contribution in [0.15, 0.2) is 0 Å². The first-order valence-electron chi connectivity index (χ1n) is 4.72. The molecule has 0 aliphatic rings. The Morgan fingerprint density at radius 2 is 1.80 bits per heavy atom. The number of benzene rings is 1. The Hall–Kier alpha value is -0.540. The molecule has 0 atom stereocenters. The third-order valence-corrected chi connectivity index (χ3v) is 3.35. The molecule has 0 amide bonds. The van der Waals surface area contributed by atoms with Crippen LogP contribution in [-0.4, -0.2) is 13.0 Å². The Balaban J connectivity index is 3.47. The molecule has 1 aromatic rings. The summed E-state index contributed by atoms with van der Waals surface area (Å²) in [6.07, 6.45) is 0. The maximum atomic E-state index is 6.23. The molecule has 0 spiro atoms. The molecule has 0 heterocycles. The third kappa shape index (κ3) is 2.18. The Bertz CT molecular complexity index is 380. The standard InChI is InChI=1S/C11H16ClNOS/c1-6-7(2)11(14-4)10(13-5-15)8(3)9(6)12/h13,15H,5H2,1-4H3. The van der Waals surface area contributed by atoms with E-state index in [1.54, 1.807) is 7.11 Å². The number of methoxy groups -OCH3 is 1. The molecule has 0 radical (unpaired) electrons. The van der Waals surface area contributed by atoms with Crippen LogP contribution in [0.2, 0.25) is 5.02 Å². The summed E-state index contributed by atoms with van der Waals surface area (Å²) in [5.41, 5.74) is 4.07. The topological polar surface area (TPSA) is 21.3 Å². The second-order valence-corrected chi connectivity index (χ2v) is 4.13. The van der Waals surface area contributed by atoms with Crippen molar-refractivity contribution in [2.45, 2.75) is 20.8 Å². The summed E-state index contributed by atoms with van der Waals surface area (Å²) in [4.78, 5) is 0. The minimum absolute atomic E-state index is 0.552. The molecular weight excluding hydrogens is 230 g/mol. The van der Waals surface area contributed by atoms with Crippen LogP contribution in [0.5, 0.6) is 5.75 Å². The minimum Gasteiger partial charge on any atom is -0.494 e. The maximum absolute atomic E-state index is 6.23. The molecule has 0 aliphatic heterocycles. The SMILES string of the molecule is COc1c(C)c(C)c(Cl)c(C)c1NCS. The highest BCUT2D eigenvalue weighted by molar-refractivity contribution is 7.80. The minimum atomic E-state index is 0.552. The van der Waals surface area contributed by atoms with E-state index >= 15 is 0 Å². The monoisotopic (exact) mass is 245 g/mol. The first kappa shape index (κ1) is 12.5. The number of hydrogen-bond donors (Lipinski definition) is 2. The fraction of sp³-hybridized carbons (Fsp3) is 0.455. The van der Waals surface area contributed by atoms with Gasteiger partial charge in [0.05, 0.1) is 18.7 Å². The lowest BCUT2D eigenvalue weighted by Gasteiger charge is -2.18. The zero-order valence-corrected chi connectivity index (χ0v) is 11.1. The first-order valence-corrected chi connectivity index (χ1v) is 5.73. The second kappa shape index (κ2) is 4.99. The lowest BCUT2D eigenvalue weighted by atomic mass is 10.0. The maximum Gasteiger partial charge on any atom is 0.145 e. The normalized spacial score (nSPS) is 10.3. The molecule has 1 aromatic carbocycles. The fourth-order valence-electron chi connectivity index (χ4n) is 1.63. The van der Waals surface area contributed by atoms with Gasteiger partial charge in [-0.3, -0.25) is 0 Å². The average Bonchev–Trinajstić information content (AvgIpc) is 2.24. The molecule has 15 heavy (non-hydrogen) atoms. The van der Waals surface area contributed by atoms with Gasteiger partial charge < -0.3 is 10.1 Å². The molecule has 0 fully saturated rings. The molecule has 1 N–H and O–H groups in total. The summed E-state index contributed by atoms with van der Waals surface area (Å²) in [7, 11) is 1.67. The van der Waals surface area contributed by atoms with Crippen molar-refractivity contribution < 1.29 is 4.74 Å². The number of halogens is 1. The van der Waals surface area contributed by atoms with E-state index in [-0.39, 0.29) is 0 Å². The zero-order valence-electron chi connectivity index (χ0n) is 9.44. The van der Waals surface area contributed by atoms with Gasteiger partial charge in [-0.1, -0.05) is 11.6 Å². The van der Waals surface area contributed by atoms with Crippen LogP contribution < -0.4 is 10.1 Å². The van der Waals surface area contributed by atoms with E-state index in [1.165, 1.54) is 0 Å². The van der Waals surface area contributed by atoms with E-state index in [0.29, 0.717) is 5.88 Å². The van der Waals surface area contributed by atoms with Gasteiger partial charge >= 0.3 is 0 Å². The Morgan fingerprint density at radius 1 is 1.20 bits per heavy atom. The molecule has 1 rings (SSSR count). The van der Waals surface area contributed by atoms with E-state index in [4.69, 9.17) is 16.3 Å². The number of anilines is 1. The van der Waals surface area contributed by atoms with Crippen LogP contribution in [0.3, 0.4) is 0 Å². The summed E-state index contributed by atoms with van der Waals surface area (Å²) >= 11 is 10.4. The van der Waals surface area contributed by atoms with Crippen molar-refractivity contribution in [1.29, 1.82) is 0 Å². The quantitative estimate of drug-likeness (QED) is 0.628. The van der Waals surface area contributed by atoms with E-state index in [1.807, 2.05) is 20.8 Å². The predicted molar refractivity (Wildman–Crippen MR) is 69.7 cm³/mol. The molecule has 84 valence electrons. The highest BCUT2D eigenvalue weighted by atomic mass is 35.5. The van der Waals surface area contributed by atoms with Crippen molar-refractivity contribution in [3.05, 3.63) is 21.7 Å². The van der Waals surface area contributed by atoms with Crippen LogP contribution >= 0.6 is 24.2 Å². The molecule has 2 nitrogen and oxygen atoms in total. The van der Waals surface area contributed by atoms with Gasteiger partial charge in [0.25, 0.3) is 0 Å². The highest BCUT2D eigenvalue weighted by Crippen LogP contribution is 2.39. The van der Waals surface area contributed by atoms with Gasteiger partial charge in [-0.15, -0.1) is 0 Å². The lowest BCUT2D eigenvalue weighted by molar-refractivity contribution is 0.413.